The van der Waals surface area contributed by atoms with E-state index in [1.54, 1.807) is 0 Å². The first-order chi connectivity index (χ1) is 31.8. The van der Waals surface area contributed by atoms with E-state index >= 15 is 0 Å². The van der Waals surface area contributed by atoms with Gasteiger partial charge in [-0.1, -0.05) is 170 Å². The molecule has 1 aromatic heterocycles. The van der Waals surface area contributed by atoms with E-state index in [2.05, 4.69) is 252 Å². The molecular weight excluding hydrogens is 857 g/mol. The van der Waals surface area contributed by atoms with Crippen LogP contribution in [0.15, 0.2) is 217 Å². The predicted molar refractivity (Wildman–Crippen MR) is 277 cm³/mol. The van der Waals surface area contributed by atoms with Gasteiger partial charge in [-0.25, -0.2) is 0 Å². The summed E-state index contributed by atoms with van der Waals surface area (Å²) >= 11 is 3.60. The van der Waals surface area contributed by atoms with Gasteiger partial charge in [0, 0.05) is 43.4 Å². The van der Waals surface area contributed by atoms with Gasteiger partial charge < -0.3 is 14.2 Å². The van der Waals surface area contributed by atoms with E-state index in [0.29, 0.717) is 13.2 Å². The second-order valence-electron chi connectivity index (χ2n) is 17.5. The number of nitrogens with zero attached hydrogens (tertiary/aromatic N) is 2. The predicted octanol–water partition coefficient (Wildman–Crippen LogP) is 17.0. The third kappa shape index (κ3) is 7.49. The summed E-state index contributed by atoms with van der Waals surface area (Å²) < 4.78 is 9.67. The van der Waals surface area contributed by atoms with Crippen molar-refractivity contribution in [1.82, 2.24) is 4.57 Å². The van der Waals surface area contributed by atoms with Crippen LogP contribution in [0.25, 0.3) is 66.9 Å². The molecule has 0 saturated carbocycles. The Morgan fingerprint density at radius 2 is 1.05 bits per heavy atom. The van der Waals surface area contributed by atoms with E-state index in [4.69, 9.17) is 4.74 Å². The van der Waals surface area contributed by atoms with Crippen molar-refractivity contribution in [2.45, 2.75) is 32.5 Å². The Morgan fingerprint density at radius 3 is 1.74 bits per heavy atom. The van der Waals surface area contributed by atoms with E-state index in [-0.39, 0.29) is 5.41 Å². The van der Waals surface area contributed by atoms with Crippen LogP contribution in [0.2, 0.25) is 0 Å². The monoisotopic (exact) mass is 902 g/mol. The molecule has 3 nitrogen and oxygen atoms in total. The third-order valence-electron chi connectivity index (χ3n) is 13.2. The minimum Gasteiger partial charge on any atom is -0.372 e. The molecule has 9 aromatic carbocycles. The SMILES string of the molecule is C=Cc1ccc(COCc2ccc3c(c2)C(C)(C)c2cc(N(c4ccc(-c5ccc(Br)cc5)cc4)c4ccc(-c5ccc6c(c5)c5ccccc5n6-c5ccccc5)cc4)ccc2-3)cc1. The molecule has 0 saturated heterocycles. The van der Waals surface area contributed by atoms with Crippen molar-refractivity contribution in [1.29, 1.82) is 0 Å². The Labute approximate surface area is 389 Å². The van der Waals surface area contributed by atoms with Crippen LogP contribution in [0, 0.1) is 0 Å². The second kappa shape index (κ2) is 16.7. The van der Waals surface area contributed by atoms with Crippen molar-refractivity contribution in [3.05, 3.63) is 245 Å². The fourth-order valence-electron chi connectivity index (χ4n) is 9.74. The van der Waals surface area contributed by atoms with Crippen LogP contribution in [-0.4, -0.2) is 4.57 Å². The van der Waals surface area contributed by atoms with Crippen molar-refractivity contribution < 1.29 is 4.74 Å². The van der Waals surface area contributed by atoms with Gasteiger partial charge in [-0.2, -0.15) is 0 Å². The molecule has 0 atom stereocenters. The summed E-state index contributed by atoms with van der Waals surface area (Å²) in [6.07, 6.45) is 1.87. The molecule has 0 amide bonds. The van der Waals surface area contributed by atoms with E-state index in [9.17, 15) is 0 Å². The number of halogens is 1. The molecule has 314 valence electrons. The molecule has 65 heavy (non-hydrogen) atoms. The van der Waals surface area contributed by atoms with Crippen LogP contribution >= 0.6 is 15.9 Å². The van der Waals surface area contributed by atoms with Crippen LogP contribution in [0.3, 0.4) is 0 Å². The van der Waals surface area contributed by atoms with Gasteiger partial charge in [0.25, 0.3) is 0 Å². The van der Waals surface area contributed by atoms with E-state index < -0.39 is 0 Å². The van der Waals surface area contributed by atoms with Crippen molar-refractivity contribution >= 4 is 60.9 Å². The van der Waals surface area contributed by atoms with Gasteiger partial charge in [0.1, 0.15) is 0 Å². The molecule has 0 spiro atoms. The van der Waals surface area contributed by atoms with Crippen LogP contribution in [0.1, 0.15) is 41.7 Å². The highest BCUT2D eigenvalue weighted by Crippen LogP contribution is 2.51. The molecule has 0 aliphatic heterocycles. The third-order valence-corrected chi connectivity index (χ3v) is 13.7. The summed E-state index contributed by atoms with van der Waals surface area (Å²) in [5.74, 6) is 0. The molecule has 1 aliphatic carbocycles. The zero-order valence-electron chi connectivity index (χ0n) is 36.5. The van der Waals surface area contributed by atoms with Crippen LogP contribution in [-0.2, 0) is 23.4 Å². The van der Waals surface area contributed by atoms with E-state index in [1.807, 2.05) is 6.08 Å². The number of fused-ring (bicyclic) bond motifs is 6. The lowest BCUT2D eigenvalue weighted by atomic mass is 9.82. The van der Waals surface area contributed by atoms with Crippen molar-refractivity contribution in [2.75, 3.05) is 4.90 Å². The standard InChI is InChI=1S/C61H47BrN2O/c1-4-41-14-16-42(17-15-41)39-65-40-43-18-33-53-54-34-32-52(38-58(54)61(2,3)57(53)36-43)63(50-28-21-45(22-29-50)44-19-26-48(62)27-20-44)51-30-23-46(24-31-51)47-25-35-60-56(37-47)55-12-8-9-13-59(55)64(60)49-10-6-5-7-11-49/h4-38H,1,39-40H2,2-3H3. The van der Waals surface area contributed by atoms with Crippen molar-refractivity contribution in [2.24, 2.45) is 0 Å². The number of aromatic nitrogens is 1. The molecule has 1 heterocycles. The number of benzene rings is 9. The van der Waals surface area contributed by atoms with Crippen molar-refractivity contribution in [3.63, 3.8) is 0 Å². The highest BCUT2D eigenvalue weighted by molar-refractivity contribution is 9.10. The van der Waals surface area contributed by atoms with Crippen molar-refractivity contribution in [3.8, 4) is 39.1 Å². The Kier molecular flexibility index (Phi) is 10.4. The topological polar surface area (TPSA) is 17.4 Å². The zero-order valence-corrected chi connectivity index (χ0v) is 38.1. The molecule has 0 bridgehead atoms. The van der Waals surface area contributed by atoms with Crippen LogP contribution in [0.5, 0.6) is 0 Å². The molecular formula is C61H47BrN2O. The summed E-state index contributed by atoms with van der Waals surface area (Å²) in [6.45, 7) is 9.70. The van der Waals surface area contributed by atoms with E-state index in [0.717, 1.165) is 38.3 Å². The summed E-state index contributed by atoms with van der Waals surface area (Å²) in [4.78, 5) is 2.39. The fourth-order valence-corrected chi connectivity index (χ4v) is 10.0. The quantitative estimate of drug-likeness (QED) is 0.129. The maximum atomic E-state index is 6.23. The summed E-state index contributed by atoms with van der Waals surface area (Å²) in [6, 6.07) is 75.0. The first-order valence-corrected chi connectivity index (χ1v) is 23.0. The minimum atomic E-state index is -0.208. The summed E-state index contributed by atoms with van der Waals surface area (Å²) in [5, 5.41) is 2.49. The van der Waals surface area contributed by atoms with Crippen LogP contribution in [0.4, 0.5) is 17.1 Å². The van der Waals surface area contributed by atoms with Gasteiger partial charge in [-0.15, -0.1) is 0 Å². The number of hydrogen-bond acceptors (Lipinski definition) is 2. The van der Waals surface area contributed by atoms with E-state index in [1.165, 1.54) is 71.9 Å². The number of hydrogen-bond donors (Lipinski definition) is 0. The molecule has 0 radical (unpaired) electrons. The summed E-state index contributed by atoms with van der Waals surface area (Å²) in [5.41, 5.74) is 20.1. The molecule has 1 aliphatic rings. The van der Waals surface area contributed by atoms with Crippen LogP contribution < -0.4 is 4.90 Å². The Balaban J connectivity index is 0.934. The molecule has 0 unspecified atom stereocenters. The molecule has 4 heteroatoms. The van der Waals surface area contributed by atoms with Gasteiger partial charge >= 0.3 is 0 Å². The maximum Gasteiger partial charge on any atom is 0.0721 e. The zero-order chi connectivity index (χ0) is 44.1. The van der Waals surface area contributed by atoms with Gasteiger partial charge in [0.15, 0.2) is 0 Å². The molecule has 0 N–H and O–H groups in total. The smallest absolute Gasteiger partial charge is 0.0721 e. The second-order valence-corrected chi connectivity index (χ2v) is 18.4. The lowest BCUT2D eigenvalue weighted by molar-refractivity contribution is 0.107. The lowest BCUT2D eigenvalue weighted by Gasteiger charge is -2.28. The van der Waals surface area contributed by atoms with Gasteiger partial charge in [0.05, 0.1) is 24.2 Å². The average molecular weight is 904 g/mol. The number of para-hydroxylation sites is 2. The van der Waals surface area contributed by atoms with Gasteiger partial charge in [-0.3, -0.25) is 0 Å². The number of anilines is 3. The number of rotatable bonds is 11. The lowest BCUT2D eigenvalue weighted by Crippen LogP contribution is -2.17. The summed E-state index contributed by atoms with van der Waals surface area (Å²) in [7, 11) is 0. The molecule has 11 rings (SSSR count). The average Bonchev–Trinajstić information content (AvgIpc) is 3.80. The molecule has 10 aromatic rings. The van der Waals surface area contributed by atoms with Gasteiger partial charge in [0.2, 0.25) is 0 Å². The van der Waals surface area contributed by atoms with Gasteiger partial charge in [-0.05, 0) is 140 Å². The first-order valence-electron chi connectivity index (χ1n) is 22.2. The highest BCUT2D eigenvalue weighted by atomic mass is 79.9. The Bertz CT molecular complexity index is 3370. The minimum absolute atomic E-state index is 0.208. The largest absolute Gasteiger partial charge is 0.372 e. The maximum absolute atomic E-state index is 6.23. The highest BCUT2D eigenvalue weighted by Gasteiger charge is 2.36. The fraction of sp³-hybridized carbons (Fsp3) is 0.0820. The molecule has 0 fully saturated rings. The first kappa shape index (κ1) is 40.5. The Hall–Kier alpha value is -7.24. The normalized spacial score (nSPS) is 12.6. The Morgan fingerprint density at radius 1 is 0.508 bits per heavy atom. The number of ether oxygens (including phenoxy) is 1.